The maximum atomic E-state index is 12.8. The number of carbonyl (C=O) groups excluding carboxylic acids is 1. The van der Waals surface area contributed by atoms with Gasteiger partial charge in [0.2, 0.25) is 0 Å². The standard InChI is InChI=1S/C17H15NO4/c1-20-13-7-11-9-17(15(19)12(11)8-14(13)21-2)16(22-17)10-3-5-18-6-4-10/h3-8,16H,9H2,1-2H3. The van der Waals surface area contributed by atoms with E-state index in [0.717, 1.165) is 11.1 Å². The minimum absolute atomic E-state index is 0.0188. The van der Waals surface area contributed by atoms with E-state index in [9.17, 15) is 4.79 Å². The highest BCUT2D eigenvalue weighted by molar-refractivity contribution is 6.09. The van der Waals surface area contributed by atoms with Crippen LogP contribution in [0.5, 0.6) is 11.5 Å². The molecule has 1 aliphatic heterocycles. The Morgan fingerprint density at radius 1 is 1.18 bits per heavy atom. The van der Waals surface area contributed by atoms with E-state index in [1.165, 1.54) is 0 Å². The molecule has 5 heteroatoms. The van der Waals surface area contributed by atoms with Crippen LogP contribution in [0.25, 0.3) is 0 Å². The summed E-state index contributed by atoms with van der Waals surface area (Å²) in [4.78, 5) is 16.8. The number of pyridine rings is 1. The maximum absolute atomic E-state index is 12.8. The van der Waals surface area contributed by atoms with Gasteiger partial charge in [-0.25, -0.2) is 0 Å². The molecule has 0 amide bonds. The molecule has 0 radical (unpaired) electrons. The second-order valence-electron chi connectivity index (χ2n) is 5.54. The van der Waals surface area contributed by atoms with Crippen LogP contribution in [-0.2, 0) is 11.2 Å². The largest absolute Gasteiger partial charge is 0.493 e. The van der Waals surface area contributed by atoms with Crippen molar-refractivity contribution in [2.24, 2.45) is 0 Å². The molecule has 0 saturated carbocycles. The van der Waals surface area contributed by atoms with Crippen LogP contribution in [0.2, 0.25) is 0 Å². The van der Waals surface area contributed by atoms with Gasteiger partial charge in [-0.15, -0.1) is 0 Å². The molecule has 2 atom stereocenters. The molecule has 1 aliphatic carbocycles. The molecule has 2 aliphatic rings. The number of nitrogens with zero attached hydrogens (tertiary/aromatic N) is 1. The molecule has 1 fully saturated rings. The summed E-state index contributed by atoms with van der Waals surface area (Å²) in [5.74, 6) is 1.21. The summed E-state index contributed by atoms with van der Waals surface area (Å²) in [5.41, 5.74) is 1.82. The number of hydrogen-bond acceptors (Lipinski definition) is 5. The molecule has 2 heterocycles. The molecular formula is C17H15NO4. The average Bonchev–Trinajstić information content (AvgIpc) is 3.23. The highest BCUT2D eigenvalue weighted by Gasteiger charge is 2.66. The first-order chi connectivity index (χ1) is 10.7. The summed E-state index contributed by atoms with van der Waals surface area (Å²) in [7, 11) is 3.15. The molecule has 2 aromatic rings. The van der Waals surface area contributed by atoms with Crippen LogP contribution in [0.15, 0.2) is 36.7 Å². The van der Waals surface area contributed by atoms with E-state index in [0.29, 0.717) is 23.5 Å². The molecule has 1 aromatic carbocycles. The molecule has 0 N–H and O–H groups in total. The first kappa shape index (κ1) is 13.3. The summed E-state index contributed by atoms with van der Waals surface area (Å²) < 4.78 is 16.4. The molecule has 4 rings (SSSR count). The van der Waals surface area contributed by atoms with Crippen molar-refractivity contribution in [3.8, 4) is 11.5 Å². The Morgan fingerprint density at radius 2 is 1.86 bits per heavy atom. The molecule has 1 saturated heterocycles. The van der Waals surface area contributed by atoms with Gasteiger partial charge in [0, 0.05) is 24.4 Å². The van der Waals surface area contributed by atoms with Crippen LogP contribution in [0.1, 0.15) is 27.6 Å². The van der Waals surface area contributed by atoms with Crippen LogP contribution < -0.4 is 9.47 Å². The Morgan fingerprint density at radius 3 is 2.55 bits per heavy atom. The number of ketones is 1. The third kappa shape index (κ3) is 1.69. The topological polar surface area (TPSA) is 61.0 Å². The number of Topliss-reactive ketones (excluding diaryl/α,β-unsaturated/α-hetero) is 1. The van der Waals surface area contributed by atoms with Gasteiger partial charge < -0.3 is 14.2 Å². The first-order valence-corrected chi connectivity index (χ1v) is 7.07. The van der Waals surface area contributed by atoms with Crippen molar-refractivity contribution in [3.63, 3.8) is 0 Å². The van der Waals surface area contributed by atoms with Gasteiger partial charge in [-0.2, -0.15) is 0 Å². The molecule has 5 nitrogen and oxygen atoms in total. The van der Waals surface area contributed by atoms with Gasteiger partial charge in [-0.1, -0.05) is 0 Å². The van der Waals surface area contributed by atoms with E-state index >= 15 is 0 Å². The first-order valence-electron chi connectivity index (χ1n) is 7.07. The van der Waals surface area contributed by atoms with Crippen molar-refractivity contribution in [1.82, 2.24) is 4.98 Å². The zero-order valence-electron chi connectivity index (χ0n) is 12.3. The Hall–Kier alpha value is -2.40. The lowest BCUT2D eigenvalue weighted by Gasteiger charge is -2.08. The Labute approximate surface area is 127 Å². The Kier molecular flexibility index (Phi) is 2.74. The predicted molar refractivity (Wildman–Crippen MR) is 78.4 cm³/mol. The number of epoxide rings is 1. The van der Waals surface area contributed by atoms with Gasteiger partial charge >= 0.3 is 0 Å². The zero-order valence-corrected chi connectivity index (χ0v) is 12.3. The number of ether oxygens (including phenoxy) is 3. The van der Waals surface area contributed by atoms with Crippen LogP contribution >= 0.6 is 0 Å². The molecule has 1 spiro atoms. The SMILES string of the molecule is COc1cc2c(cc1OC)C(=O)C1(C2)OC1c1ccncc1. The predicted octanol–water partition coefficient (Wildman–Crippen LogP) is 2.35. The average molecular weight is 297 g/mol. The molecule has 112 valence electrons. The third-order valence-corrected chi connectivity index (χ3v) is 4.39. The van der Waals surface area contributed by atoms with Crippen molar-refractivity contribution in [3.05, 3.63) is 53.3 Å². The van der Waals surface area contributed by atoms with Gasteiger partial charge in [-0.3, -0.25) is 9.78 Å². The highest BCUT2D eigenvalue weighted by Crippen LogP contribution is 2.57. The van der Waals surface area contributed by atoms with Crippen molar-refractivity contribution in [2.75, 3.05) is 14.2 Å². The molecule has 1 aromatic heterocycles. The van der Waals surface area contributed by atoms with Crippen LogP contribution in [0.4, 0.5) is 0 Å². The van der Waals surface area contributed by atoms with Crippen LogP contribution in [-0.4, -0.2) is 30.6 Å². The zero-order chi connectivity index (χ0) is 15.3. The van der Waals surface area contributed by atoms with Crippen LogP contribution in [0, 0.1) is 0 Å². The fourth-order valence-electron chi connectivity index (χ4n) is 3.23. The molecule has 0 bridgehead atoms. The van der Waals surface area contributed by atoms with E-state index in [1.54, 1.807) is 32.7 Å². The van der Waals surface area contributed by atoms with E-state index < -0.39 is 5.60 Å². The fraction of sp³-hybridized carbons (Fsp3) is 0.294. The van der Waals surface area contributed by atoms with Crippen LogP contribution in [0.3, 0.4) is 0 Å². The molecule has 2 unspecified atom stereocenters. The van der Waals surface area contributed by atoms with Gasteiger partial charge in [0.1, 0.15) is 6.10 Å². The van der Waals surface area contributed by atoms with E-state index in [-0.39, 0.29) is 11.9 Å². The number of rotatable bonds is 3. The van der Waals surface area contributed by atoms with E-state index in [2.05, 4.69) is 4.98 Å². The third-order valence-electron chi connectivity index (χ3n) is 4.39. The Balaban J connectivity index is 1.72. The maximum Gasteiger partial charge on any atom is 0.198 e. The number of benzene rings is 1. The highest BCUT2D eigenvalue weighted by atomic mass is 16.6. The number of carbonyl (C=O) groups is 1. The minimum atomic E-state index is -0.763. The normalized spacial score (nSPS) is 25.2. The second-order valence-corrected chi connectivity index (χ2v) is 5.54. The van der Waals surface area contributed by atoms with Gasteiger partial charge in [0.05, 0.1) is 14.2 Å². The summed E-state index contributed by atoms with van der Waals surface area (Å²) in [6, 6.07) is 7.39. The van der Waals surface area contributed by atoms with Crippen molar-refractivity contribution >= 4 is 5.78 Å². The number of fused-ring (bicyclic) bond motifs is 1. The second kappa shape index (κ2) is 4.55. The monoisotopic (exact) mass is 297 g/mol. The fourth-order valence-corrected chi connectivity index (χ4v) is 3.23. The van der Waals surface area contributed by atoms with Crippen molar-refractivity contribution in [2.45, 2.75) is 18.1 Å². The number of methoxy groups -OCH3 is 2. The van der Waals surface area contributed by atoms with E-state index in [1.807, 2.05) is 18.2 Å². The Bertz CT molecular complexity index is 759. The lowest BCUT2D eigenvalue weighted by Crippen LogP contribution is -2.20. The number of hydrogen-bond donors (Lipinski definition) is 0. The van der Waals surface area contributed by atoms with Gasteiger partial charge in [-0.05, 0) is 35.4 Å². The summed E-state index contributed by atoms with van der Waals surface area (Å²) in [6.07, 6.45) is 3.79. The summed E-state index contributed by atoms with van der Waals surface area (Å²) >= 11 is 0. The van der Waals surface area contributed by atoms with Gasteiger partial charge in [0.25, 0.3) is 0 Å². The lowest BCUT2D eigenvalue weighted by atomic mass is 9.96. The summed E-state index contributed by atoms with van der Waals surface area (Å²) in [5, 5.41) is 0. The lowest BCUT2D eigenvalue weighted by molar-refractivity contribution is 0.0894. The summed E-state index contributed by atoms with van der Waals surface area (Å²) in [6.45, 7) is 0. The van der Waals surface area contributed by atoms with Crippen molar-refractivity contribution in [1.29, 1.82) is 0 Å². The smallest absolute Gasteiger partial charge is 0.198 e. The van der Waals surface area contributed by atoms with E-state index in [4.69, 9.17) is 14.2 Å². The number of aromatic nitrogens is 1. The minimum Gasteiger partial charge on any atom is -0.493 e. The quantitative estimate of drug-likeness (QED) is 0.814. The van der Waals surface area contributed by atoms with Crippen molar-refractivity contribution < 1.29 is 19.0 Å². The molecule has 22 heavy (non-hydrogen) atoms. The van der Waals surface area contributed by atoms with Gasteiger partial charge in [0.15, 0.2) is 22.9 Å². The molecular weight excluding hydrogens is 282 g/mol.